The zero-order valence-electron chi connectivity index (χ0n) is 11.4. The van der Waals surface area contributed by atoms with Crippen LogP contribution in [0, 0.1) is 6.92 Å². The van der Waals surface area contributed by atoms with Crippen LogP contribution in [-0.4, -0.2) is 19.2 Å². The fourth-order valence-corrected chi connectivity index (χ4v) is 2.04. The molecule has 1 aromatic carbocycles. The maximum Gasteiger partial charge on any atom is 0.225 e. The number of rotatable bonds is 5. The summed E-state index contributed by atoms with van der Waals surface area (Å²) in [6, 6.07) is 3.84. The molecule has 1 rings (SSSR count). The van der Waals surface area contributed by atoms with Crippen molar-refractivity contribution >= 4 is 23.2 Å². The quantitative estimate of drug-likeness (QED) is 0.765. The first kappa shape index (κ1) is 15.0. The lowest BCUT2D eigenvalue weighted by atomic mass is 10.0. The second-order valence-corrected chi connectivity index (χ2v) is 4.51. The van der Waals surface area contributed by atoms with Crippen molar-refractivity contribution in [2.24, 2.45) is 0 Å². The summed E-state index contributed by atoms with van der Waals surface area (Å²) in [5.41, 5.74) is 2.91. The predicted octanol–water partition coefficient (Wildman–Crippen LogP) is 3.56. The lowest BCUT2D eigenvalue weighted by Gasteiger charge is -2.25. The number of carbonyl (C=O) groups is 1. The Bertz CT molecular complexity index is 432. The van der Waals surface area contributed by atoms with Crippen LogP contribution in [0.2, 0.25) is 5.02 Å². The highest BCUT2D eigenvalue weighted by Gasteiger charge is 2.18. The van der Waals surface area contributed by atoms with Crippen LogP contribution in [0.15, 0.2) is 12.1 Å². The third-order valence-corrected chi connectivity index (χ3v) is 3.31. The highest BCUT2D eigenvalue weighted by Crippen LogP contribution is 2.31. The Kier molecular flexibility index (Phi) is 5.63. The Morgan fingerprint density at radius 2 is 2.06 bits per heavy atom. The number of aryl methyl sites for hydroxylation is 1. The number of nitrogens with zero attached hydrogens (tertiary/aromatic N) is 1. The number of benzene rings is 1. The molecule has 100 valence electrons. The van der Waals surface area contributed by atoms with Gasteiger partial charge in [0.25, 0.3) is 0 Å². The molecule has 0 unspecified atom stereocenters. The van der Waals surface area contributed by atoms with Crippen LogP contribution in [0.25, 0.3) is 0 Å². The van der Waals surface area contributed by atoms with Gasteiger partial charge in [0.05, 0.1) is 5.69 Å². The van der Waals surface area contributed by atoms with E-state index in [0.29, 0.717) is 11.6 Å². The molecule has 0 N–H and O–H groups in total. The maximum absolute atomic E-state index is 11.8. The van der Waals surface area contributed by atoms with Gasteiger partial charge in [0.2, 0.25) is 5.91 Å². The van der Waals surface area contributed by atoms with E-state index in [1.165, 1.54) is 0 Å². The van der Waals surface area contributed by atoms with Crippen molar-refractivity contribution in [1.29, 1.82) is 0 Å². The van der Waals surface area contributed by atoms with Crippen LogP contribution < -0.4 is 4.90 Å². The molecule has 0 saturated heterocycles. The summed E-state index contributed by atoms with van der Waals surface area (Å²) < 4.78 is 5.37. The van der Waals surface area contributed by atoms with E-state index in [0.717, 1.165) is 23.2 Å². The first-order valence-corrected chi connectivity index (χ1v) is 6.54. The van der Waals surface area contributed by atoms with Crippen LogP contribution in [-0.2, 0) is 16.0 Å². The van der Waals surface area contributed by atoms with Gasteiger partial charge in [-0.25, -0.2) is 0 Å². The molecule has 0 aliphatic heterocycles. The molecule has 0 heterocycles. The predicted molar refractivity (Wildman–Crippen MR) is 75.2 cm³/mol. The van der Waals surface area contributed by atoms with Crippen LogP contribution >= 0.6 is 11.6 Å². The minimum absolute atomic E-state index is 0.0384. The Morgan fingerprint density at radius 3 is 2.56 bits per heavy atom. The van der Waals surface area contributed by atoms with Crippen LogP contribution in [0.4, 0.5) is 5.69 Å². The molecule has 0 radical (unpaired) electrons. The van der Waals surface area contributed by atoms with Gasteiger partial charge in [0, 0.05) is 18.6 Å². The van der Waals surface area contributed by atoms with Gasteiger partial charge in [-0.2, -0.15) is 0 Å². The molecular formula is C14H20ClNO2. The van der Waals surface area contributed by atoms with Gasteiger partial charge in [0.1, 0.15) is 6.73 Å². The van der Waals surface area contributed by atoms with E-state index in [1.54, 1.807) is 11.8 Å². The number of hydrogen-bond acceptors (Lipinski definition) is 2. The molecule has 0 bridgehead atoms. The average Bonchev–Trinajstić information content (AvgIpc) is 2.34. The second-order valence-electron chi connectivity index (χ2n) is 4.10. The molecule has 0 aromatic heterocycles. The van der Waals surface area contributed by atoms with Gasteiger partial charge >= 0.3 is 0 Å². The van der Waals surface area contributed by atoms with E-state index in [9.17, 15) is 4.79 Å². The molecule has 0 aliphatic rings. The SMILES string of the molecule is CCOCN(C(C)=O)c1c(CC)ccc(Cl)c1C. The molecule has 0 spiro atoms. The van der Waals surface area contributed by atoms with Crippen molar-refractivity contribution in [2.45, 2.75) is 34.1 Å². The Hall–Kier alpha value is -1.06. The lowest BCUT2D eigenvalue weighted by molar-refractivity contribution is -0.117. The topological polar surface area (TPSA) is 29.5 Å². The van der Waals surface area contributed by atoms with E-state index in [1.807, 2.05) is 26.0 Å². The standard InChI is InChI=1S/C14H20ClNO2/c1-5-12-7-8-13(15)10(3)14(12)16(11(4)17)9-18-6-2/h7-8H,5-6,9H2,1-4H3. The van der Waals surface area contributed by atoms with Crippen molar-refractivity contribution in [1.82, 2.24) is 0 Å². The van der Waals surface area contributed by atoms with Crippen molar-refractivity contribution < 1.29 is 9.53 Å². The number of anilines is 1. The minimum atomic E-state index is -0.0384. The van der Waals surface area contributed by atoms with E-state index in [4.69, 9.17) is 16.3 Å². The third-order valence-electron chi connectivity index (χ3n) is 2.90. The minimum Gasteiger partial charge on any atom is -0.361 e. The summed E-state index contributed by atoms with van der Waals surface area (Å²) in [6.45, 7) is 8.28. The van der Waals surface area contributed by atoms with Crippen molar-refractivity contribution in [3.8, 4) is 0 Å². The summed E-state index contributed by atoms with van der Waals surface area (Å²) in [5, 5.41) is 0.671. The molecule has 0 saturated carbocycles. The van der Waals surface area contributed by atoms with Crippen molar-refractivity contribution in [2.75, 3.05) is 18.2 Å². The molecule has 0 atom stereocenters. The molecule has 18 heavy (non-hydrogen) atoms. The Labute approximate surface area is 114 Å². The fourth-order valence-electron chi connectivity index (χ4n) is 1.89. The van der Waals surface area contributed by atoms with Gasteiger partial charge in [0.15, 0.2) is 0 Å². The molecule has 3 nitrogen and oxygen atoms in total. The van der Waals surface area contributed by atoms with Gasteiger partial charge in [-0.05, 0) is 37.5 Å². The van der Waals surface area contributed by atoms with Crippen LogP contribution in [0.1, 0.15) is 31.9 Å². The molecule has 4 heteroatoms. The smallest absolute Gasteiger partial charge is 0.225 e. The van der Waals surface area contributed by atoms with E-state index < -0.39 is 0 Å². The lowest BCUT2D eigenvalue weighted by Crippen LogP contribution is -2.32. The summed E-state index contributed by atoms with van der Waals surface area (Å²) in [4.78, 5) is 13.4. The van der Waals surface area contributed by atoms with Gasteiger partial charge in [-0.3, -0.25) is 9.69 Å². The molecular weight excluding hydrogens is 250 g/mol. The van der Waals surface area contributed by atoms with Gasteiger partial charge in [-0.15, -0.1) is 0 Å². The number of carbonyl (C=O) groups excluding carboxylic acids is 1. The molecule has 0 fully saturated rings. The maximum atomic E-state index is 11.8. The van der Waals surface area contributed by atoms with E-state index in [2.05, 4.69) is 6.92 Å². The van der Waals surface area contributed by atoms with Crippen LogP contribution in [0.5, 0.6) is 0 Å². The molecule has 1 aromatic rings. The highest BCUT2D eigenvalue weighted by atomic mass is 35.5. The first-order valence-electron chi connectivity index (χ1n) is 6.16. The Balaban J connectivity index is 3.25. The van der Waals surface area contributed by atoms with Crippen LogP contribution in [0.3, 0.4) is 0 Å². The van der Waals surface area contributed by atoms with Crippen molar-refractivity contribution in [3.05, 3.63) is 28.3 Å². The molecule has 1 amide bonds. The number of amides is 1. The zero-order valence-corrected chi connectivity index (χ0v) is 12.2. The summed E-state index contributed by atoms with van der Waals surface area (Å²) in [7, 11) is 0. The number of ether oxygens (including phenoxy) is 1. The number of halogens is 1. The summed E-state index contributed by atoms with van der Waals surface area (Å²) in [6.07, 6.45) is 0.850. The van der Waals surface area contributed by atoms with Gasteiger partial charge < -0.3 is 4.74 Å². The highest BCUT2D eigenvalue weighted by molar-refractivity contribution is 6.31. The monoisotopic (exact) mass is 269 g/mol. The first-order chi connectivity index (χ1) is 8.52. The average molecular weight is 270 g/mol. The number of hydrogen-bond donors (Lipinski definition) is 0. The largest absolute Gasteiger partial charge is 0.361 e. The van der Waals surface area contributed by atoms with E-state index in [-0.39, 0.29) is 12.6 Å². The fraction of sp³-hybridized carbons (Fsp3) is 0.500. The van der Waals surface area contributed by atoms with Crippen molar-refractivity contribution in [3.63, 3.8) is 0 Å². The second kappa shape index (κ2) is 6.76. The molecule has 0 aliphatic carbocycles. The van der Waals surface area contributed by atoms with Gasteiger partial charge in [-0.1, -0.05) is 24.6 Å². The summed E-state index contributed by atoms with van der Waals surface area (Å²) in [5.74, 6) is -0.0384. The third kappa shape index (κ3) is 3.24. The zero-order chi connectivity index (χ0) is 13.7. The van der Waals surface area contributed by atoms with E-state index >= 15 is 0 Å². The normalized spacial score (nSPS) is 10.5. The Morgan fingerprint density at radius 1 is 1.39 bits per heavy atom. The summed E-state index contributed by atoms with van der Waals surface area (Å²) >= 11 is 6.15.